The first kappa shape index (κ1) is 16.0. The summed E-state index contributed by atoms with van der Waals surface area (Å²) in [4.78, 5) is 42.5. The summed E-state index contributed by atoms with van der Waals surface area (Å²) < 4.78 is 0. The Labute approximate surface area is 151 Å². The zero-order valence-electron chi connectivity index (χ0n) is 13.2. The van der Waals surface area contributed by atoms with Crippen molar-refractivity contribution in [2.75, 3.05) is 10.2 Å². The summed E-state index contributed by atoms with van der Waals surface area (Å²) in [7, 11) is 0. The Bertz CT molecular complexity index is 1050. The summed E-state index contributed by atoms with van der Waals surface area (Å²) in [6, 6.07) is 10.6. The molecular formula is C18H11N3O4S. The maximum absolute atomic E-state index is 12.6. The summed E-state index contributed by atoms with van der Waals surface area (Å²) in [5, 5.41) is 14.3. The first-order valence-electron chi connectivity index (χ1n) is 7.58. The lowest BCUT2D eigenvalue weighted by Gasteiger charge is -2.08. The van der Waals surface area contributed by atoms with Crippen molar-refractivity contribution in [1.82, 2.24) is 4.98 Å². The number of amides is 3. The van der Waals surface area contributed by atoms with Gasteiger partial charge in [-0.15, -0.1) is 11.3 Å². The summed E-state index contributed by atoms with van der Waals surface area (Å²) in [5.74, 6) is -1.55. The molecule has 1 aromatic heterocycles. The number of phenolic OH excluding ortho intramolecular Hbond substituents is 1. The number of rotatable bonds is 3. The maximum atomic E-state index is 12.6. The molecule has 2 aromatic carbocycles. The van der Waals surface area contributed by atoms with E-state index in [-0.39, 0.29) is 33.3 Å². The predicted octanol–water partition coefficient (Wildman–Crippen LogP) is 2.90. The molecule has 0 fully saturated rings. The van der Waals surface area contributed by atoms with Crippen molar-refractivity contribution in [3.05, 3.63) is 70.7 Å². The third-order valence-corrected chi connectivity index (χ3v) is 4.67. The molecule has 2 N–H and O–H groups in total. The van der Waals surface area contributed by atoms with Crippen LogP contribution in [0.1, 0.15) is 31.1 Å². The Balaban J connectivity index is 1.65. The second kappa shape index (κ2) is 6.08. The third kappa shape index (κ3) is 2.52. The highest BCUT2D eigenvalue weighted by Gasteiger charge is 2.38. The molecule has 0 radical (unpaired) electrons. The van der Waals surface area contributed by atoms with Crippen LogP contribution in [0, 0.1) is 0 Å². The number of nitrogens with zero attached hydrogens (tertiary/aromatic N) is 2. The van der Waals surface area contributed by atoms with E-state index in [1.807, 2.05) is 0 Å². The van der Waals surface area contributed by atoms with Crippen LogP contribution in [0.3, 0.4) is 0 Å². The summed E-state index contributed by atoms with van der Waals surface area (Å²) >= 11 is 1.18. The van der Waals surface area contributed by atoms with Crippen molar-refractivity contribution < 1.29 is 19.5 Å². The van der Waals surface area contributed by atoms with Crippen molar-refractivity contribution in [3.63, 3.8) is 0 Å². The minimum absolute atomic E-state index is 0.0665. The number of para-hydroxylation sites is 2. The van der Waals surface area contributed by atoms with Crippen LogP contribution in [-0.2, 0) is 0 Å². The van der Waals surface area contributed by atoms with Crippen LogP contribution in [0.2, 0.25) is 0 Å². The number of nitrogens with one attached hydrogen (secondary N) is 1. The van der Waals surface area contributed by atoms with E-state index < -0.39 is 17.7 Å². The molecule has 0 bridgehead atoms. The zero-order chi connectivity index (χ0) is 18.3. The topological polar surface area (TPSA) is 99.6 Å². The van der Waals surface area contributed by atoms with Crippen LogP contribution in [0.15, 0.2) is 54.0 Å². The molecule has 0 saturated carbocycles. The Morgan fingerprint density at radius 3 is 2.58 bits per heavy atom. The molecule has 1 aliphatic rings. The fourth-order valence-electron chi connectivity index (χ4n) is 2.66. The van der Waals surface area contributed by atoms with E-state index in [0.29, 0.717) is 0 Å². The smallest absolute Gasteiger partial charge is 0.268 e. The number of hydrogen-bond acceptors (Lipinski definition) is 6. The quantitative estimate of drug-likeness (QED) is 0.549. The average Bonchev–Trinajstić information content (AvgIpc) is 3.24. The third-order valence-electron chi connectivity index (χ3n) is 3.91. The Morgan fingerprint density at radius 1 is 1.08 bits per heavy atom. The minimum atomic E-state index is -0.517. The van der Waals surface area contributed by atoms with Crippen molar-refractivity contribution in [1.29, 1.82) is 0 Å². The molecule has 4 rings (SSSR count). The Hall–Kier alpha value is -3.52. The van der Waals surface area contributed by atoms with Crippen molar-refractivity contribution >= 4 is 39.9 Å². The van der Waals surface area contributed by atoms with Gasteiger partial charge in [-0.1, -0.05) is 12.1 Å². The lowest BCUT2D eigenvalue weighted by molar-refractivity contribution is 0.0925. The van der Waals surface area contributed by atoms with Gasteiger partial charge in [-0.25, -0.2) is 9.88 Å². The van der Waals surface area contributed by atoms with E-state index in [2.05, 4.69) is 10.3 Å². The van der Waals surface area contributed by atoms with Gasteiger partial charge < -0.3 is 10.4 Å². The molecule has 0 unspecified atom stereocenters. The number of aromatic nitrogens is 1. The van der Waals surface area contributed by atoms with Crippen LogP contribution < -0.4 is 10.2 Å². The number of imide groups is 1. The lowest BCUT2D eigenvalue weighted by Crippen LogP contribution is -2.29. The highest BCUT2D eigenvalue weighted by molar-refractivity contribution is 7.14. The van der Waals surface area contributed by atoms with Crippen LogP contribution >= 0.6 is 11.3 Å². The Morgan fingerprint density at radius 2 is 1.85 bits per heavy atom. The molecule has 1 aliphatic heterocycles. The van der Waals surface area contributed by atoms with Gasteiger partial charge in [0.2, 0.25) is 0 Å². The molecule has 128 valence electrons. The first-order chi connectivity index (χ1) is 12.6. The number of fused-ring (bicyclic) bond motifs is 1. The van der Waals surface area contributed by atoms with Crippen LogP contribution in [0.4, 0.5) is 10.8 Å². The fraction of sp³-hybridized carbons (Fsp3) is 0. The van der Waals surface area contributed by atoms with E-state index in [4.69, 9.17) is 0 Å². The maximum Gasteiger partial charge on any atom is 0.268 e. The first-order valence-corrected chi connectivity index (χ1v) is 8.46. The van der Waals surface area contributed by atoms with Crippen LogP contribution in [-0.4, -0.2) is 27.8 Å². The molecule has 26 heavy (non-hydrogen) atoms. The van der Waals surface area contributed by atoms with Gasteiger partial charge in [0.25, 0.3) is 17.7 Å². The lowest BCUT2D eigenvalue weighted by atomic mass is 10.1. The summed E-state index contributed by atoms with van der Waals surface area (Å²) in [6.07, 6.45) is 1.51. The number of carbonyl (C=O) groups excluding carboxylic acids is 3. The molecule has 7 nitrogen and oxygen atoms in total. The van der Waals surface area contributed by atoms with Crippen molar-refractivity contribution in [2.24, 2.45) is 0 Å². The normalized spacial score (nSPS) is 13.0. The van der Waals surface area contributed by atoms with Crippen molar-refractivity contribution in [3.8, 4) is 5.75 Å². The second-order valence-corrected chi connectivity index (χ2v) is 6.37. The van der Waals surface area contributed by atoms with Gasteiger partial charge >= 0.3 is 0 Å². The largest absolute Gasteiger partial charge is 0.506 e. The van der Waals surface area contributed by atoms with Gasteiger partial charge in [0.15, 0.2) is 5.13 Å². The molecular weight excluding hydrogens is 354 g/mol. The fourth-order valence-corrected chi connectivity index (χ4v) is 3.29. The van der Waals surface area contributed by atoms with E-state index in [9.17, 15) is 19.5 Å². The molecule has 0 spiro atoms. The molecule has 3 amide bonds. The van der Waals surface area contributed by atoms with Gasteiger partial charge in [0.1, 0.15) is 5.75 Å². The molecule has 8 heteroatoms. The number of anilines is 2. The zero-order valence-corrected chi connectivity index (χ0v) is 14.0. The number of thiazole rings is 1. The highest BCUT2D eigenvalue weighted by atomic mass is 32.1. The van der Waals surface area contributed by atoms with E-state index in [1.165, 1.54) is 41.8 Å². The van der Waals surface area contributed by atoms with Crippen molar-refractivity contribution in [2.45, 2.75) is 0 Å². The monoisotopic (exact) mass is 365 g/mol. The van der Waals surface area contributed by atoms with Gasteiger partial charge in [-0.3, -0.25) is 14.4 Å². The molecule has 3 aromatic rings. The number of aromatic hydroxyl groups is 1. The molecule has 0 saturated heterocycles. The van der Waals surface area contributed by atoms with Crippen LogP contribution in [0.25, 0.3) is 0 Å². The van der Waals surface area contributed by atoms with Gasteiger partial charge in [0, 0.05) is 17.1 Å². The van der Waals surface area contributed by atoms with Gasteiger partial charge in [0.05, 0.1) is 16.8 Å². The molecule has 0 aliphatic carbocycles. The van der Waals surface area contributed by atoms with E-state index in [1.54, 1.807) is 23.6 Å². The average molecular weight is 365 g/mol. The number of carbonyl (C=O) groups is 3. The number of benzene rings is 2. The van der Waals surface area contributed by atoms with Gasteiger partial charge in [-0.05, 0) is 30.3 Å². The predicted molar refractivity (Wildman–Crippen MR) is 95.8 cm³/mol. The second-order valence-electron chi connectivity index (χ2n) is 5.49. The van der Waals surface area contributed by atoms with Crippen LogP contribution in [0.5, 0.6) is 5.75 Å². The SMILES string of the molecule is O=C(Nc1ccccc1O)c1ccc2c(c1)C(=O)N(c1nccs1)C2=O. The Kier molecular flexibility index (Phi) is 3.74. The summed E-state index contributed by atoms with van der Waals surface area (Å²) in [5.41, 5.74) is 0.832. The van der Waals surface area contributed by atoms with Gasteiger partial charge in [-0.2, -0.15) is 0 Å². The number of hydrogen-bond donors (Lipinski definition) is 2. The molecule has 2 heterocycles. The highest BCUT2D eigenvalue weighted by Crippen LogP contribution is 2.30. The molecule has 0 atom stereocenters. The number of phenols is 1. The minimum Gasteiger partial charge on any atom is -0.506 e. The summed E-state index contributed by atoms with van der Waals surface area (Å²) in [6.45, 7) is 0. The van der Waals surface area contributed by atoms with E-state index in [0.717, 1.165) is 4.90 Å². The van der Waals surface area contributed by atoms with E-state index >= 15 is 0 Å². The standard InChI is InChI=1S/C18H11N3O4S/c22-14-4-2-1-3-13(14)20-15(23)10-5-6-11-12(9-10)17(25)21(16(11)24)18-19-7-8-26-18/h1-9,22H,(H,20,23).